The molecule has 0 amide bonds. The highest BCUT2D eigenvalue weighted by Gasteiger charge is 2.04. The van der Waals surface area contributed by atoms with Crippen molar-refractivity contribution in [2.45, 2.75) is 39.2 Å². The van der Waals surface area contributed by atoms with Gasteiger partial charge in [-0.05, 0) is 37.1 Å². The molecule has 0 aliphatic rings. The lowest BCUT2D eigenvalue weighted by atomic mass is 10.1. The van der Waals surface area contributed by atoms with E-state index in [4.69, 9.17) is 18.0 Å². The lowest BCUT2D eigenvalue weighted by Gasteiger charge is -2.17. The molecular weight excluding hydrogens is 216 g/mol. The number of anilines is 1. The van der Waals surface area contributed by atoms with Gasteiger partial charge >= 0.3 is 0 Å². The Kier molecular flexibility index (Phi) is 5.26. The number of nitrogens with two attached hydrogens (primary N) is 1. The highest BCUT2D eigenvalue weighted by molar-refractivity contribution is 7.80. The Labute approximate surface area is 103 Å². The van der Waals surface area contributed by atoms with Crippen molar-refractivity contribution in [1.82, 2.24) is 0 Å². The fourth-order valence-electron chi connectivity index (χ4n) is 1.69. The fraction of sp³-hybridized carbons (Fsp3) is 0.462. The van der Waals surface area contributed by atoms with E-state index in [9.17, 15) is 0 Å². The molecule has 0 saturated heterocycles. The lowest BCUT2D eigenvalue weighted by molar-refractivity contribution is 0.623. The summed E-state index contributed by atoms with van der Waals surface area (Å²) in [5.41, 5.74) is 7.61. The zero-order valence-corrected chi connectivity index (χ0v) is 10.8. The summed E-state index contributed by atoms with van der Waals surface area (Å²) in [4.78, 5) is 0.451. The van der Waals surface area contributed by atoms with Gasteiger partial charge in [0.05, 0.1) is 0 Å². The summed E-state index contributed by atoms with van der Waals surface area (Å²) in [5.74, 6) is 0. The summed E-state index contributed by atoms with van der Waals surface area (Å²) >= 11 is 4.91. The van der Waals surface area contributed by atoms with E-state index in [0.717, 1.165) is 17.7 Å². The van der Waals surface area contributed by atoms with Crippen molar-refractivity contribution in [1.29, 1.82) is 0 Å². The number of rotatable bonds is 6. The van der Waals surface area contributed by atoms with Crippen LogP contribution < -0.4 is 11.1 Å². The summed E-state index contributed by atoms with van der Waals surface area (Å²) < 4.78 is 0. The summed E-state index contributed by atoms with van der Waals surface area (Å²) in [6.45, 7) is 4.41. The second-order valence-corrected chi connectivity index (χ2v) is 4.42. The first-order valence-electron chi connectivity index (χ1n) is 5.83. The SMILES string of the molecule is CCCC(CC)Nc1ccc(C(N)=S)cc1. The Hall–Kier alpha value is -1.09. The second kappa shape index (κ2) is 6.48. The molecular formula is C13H20N2S. The Bertz CT molecular complexity index is 332. The monoisotopic (exact) mass is 236 g/mol. The van der Waals surface area contributed by atoms with Gasteiger partial charge in [0, 0.05) is 17.3 Å². The van der Waals surface area contributed by atoms with Crippen molar-refractivity contribution in [3.63, 3.8) is 0 Å². The van der Waals surface area contributed by atoms with Crippen molar-refractivity contribution in [2.24, 2.45) is 5.73 Å². The van der Waals surface area contributed by atoms with Gasteiger partial charge in [-0.15, -0.1) is 0 Å². The van der Waals surface area contributed by atoms with Gasteiger partial charge in [-0.2, -0.15) is 0 Å². The van der Waals surface area contributed by atoms with E-state index in [1.807, 2.05) is 24.3 Å². The average molecular weight is 236 g/mol. The van der Waals surface area contributed by atoms with Crippen LogP contribution in [0.5, 0.6) is 0 Å². The maximum absolute atomic E-state index is 5.55. The summed E-state index contributed by atoms with van der Waals surface area (Å²) in [6.07, 6.45) is 3.55. The van der Waals surface area contributed by atoms with Crippen molar-refractivity contribution in [3.05, 3.63) is 29.8 Å². The molecule has 0 radical (unpaired) electrons. The van der Waals surface area contributed by atoms with Crippen LogP contribution in [0.15, 0.2) is 24.3 Å². The highest BCUT2D eigenvalue weighted by Crippen LogP contribution is 2.14. The Morgan fingerprint density at radius 1 is 1.31 bits per heavy atom. The topological polar surface area (TPSA) is 38.0 Å². The molecule has 1 unspecified atom stereocenters. The van der Waals surface area contributed by atoms with Crippen molar-refractivity contribution in [3.8, 4) is 0 Å². The van der Waals surface area contributed by atoms with E-state index < -0.39 is 0 Å². The minimum absolute atomic E-state index is 0.451. The normalized spacial score (nSPS) is 12.1. The fourth-order valence-corrected chi connectivity index (χ4v) is 1.83. The van der Waals surface area contributed by atoms with E-state index in [2.05, 4.69) is 19.2 Å². The minimum Gasteiger partial charge on any atom is -0.389 e. The van der Waals surface area contributed by atoms with Crippen molar-refractivity contribution in [2.75, 3.05) is 5.32 Å². The van der Waals surface area contributed by atoms with Crippen LogP contribution in [0.4, 0.5) is 5.69 Å². The first kappa shape index (κ1) is 13.0. The summed E-state index contributed by atoms with van der Waals surface area (Å²) in [7, 11) is 0. The Balaban J connectivity index is 2.63. The van der Waals surface area contributed by atoms with Gasteiger partial charge in [0.1, 0.15) is 4.99 Å². The van der Waals surface area contributed by atoms with Crippen LogP contribution in [0.25, 0.3) is 0 Å². The first-order valence-corrected chi connectivity index (χ1v) is 6.24. The molecule has 1 atom stereocenters. The van der Waals surface area contributed by atoms with Gasteiger partial charge in [0.15, 0.2) is 0 Å². The molecule has 0 fully saturated rings. The van der Waals surface area contributed by atoms with Crippen LogP contribution in [0.3, 0.4) is 0 Å². The molecule has 0 heterocycles. The molecule has 16 heavy (non-hydrogen) atoms. The number of thiocarbonyl (C=S) groups is 1. The van der Waals surface area contributed by atoms with E-state index in [0.29, 0.717) is 11.0 Å². The number of hydrogen-bond donors (Lipinski definition) is 2. The van der Waals surface area contributed by atoms with E-state index in [1.54, 1.807) is 0 Å². The molecule has 88 valence electrons. The van der Waals surface area contributed by atoms with Crippen molar-refractivity contribution < 1.29 is 0 Å². The predicted octanol–water partition coefficient (Wildman–Crippen LogP) is 3.31. The van der Waals surface area contributed by atoms with Crippen LogP contribution in [-0.2, 0) is 0 Å². The van der Waals surface area contributed by atoms with E-state index >= 15 is 0 Å². The summed E-state index contributed by atoms with van der Waals surface area (Å²) in [5, 5.41) is 3.51. The Morgan fingerprint density at radius 3 is 2.38 bits per heavy atom. The van der Waals surface area contributed by atoms with Crippen LogP contribution in [-0.4, -0.2) is 11.0 Å². The van der Waals surface area contributed by atoms with Gasteiger partial charge in [-0.25, -0.2) is 0 Å². The number of benzene rings is 1. The third kappa shape index (κ3) is 3.81. The molecule has 1 aromatic rings. The molecule has 0 aliphatic carbocycles. The molecule has 3 heteroatoms. The van der Waals surface area contributed by atoms with Gasteiger partial charge in [0.25, 0.3) is 0 Å². The smallest absolute Gasteiger partial charge is 0.103 e. The molecule has 0 saturated carbocycles. The van der Waals surface area contributed by atoms with Crippen LogP contribution in [0, 0.1) is 0 Å². The zero-order valence-electron chi connectivity index (χ0n) is 9.99. The molecule has 3 N–H and O–H groups in total. The zero-order chi connectivity index (χ0) is 12.0. The van der Waals surface area contributed by atoms with Crippen LogP contribution >= 0.6 is 12.2 Å². The molecule has 2 nitrogen and oxygen atoms in total. The average Bonchev–Trinajstić information content (AvgIpc) is 2.29. The molecule has 1 aromatic carbocycles. The van der Waals surface area contributed by atoms with Gasteiger partial charge < -0.3 is 11.1 Å². The maximum Gasteiger partial charge on any atom is 0.103 e. The van der Waals surface area contributed by atoms with Gasteiger partial charge in [0.2, 0.25) is 0 Å². The number of hydrogen-bond acceptors (Lipinski definition) is 2. The first-order chi connectivity index (χ1) is 7.67. The van der Waals surface area contributed by atoms with Gasteiger partial charge in [-0.1, -0.05) is 32.5 Å². The van der Waals surface area contributed by atoms with Crippen LogP contribution in [0.1, 0.15) is 38.7 Å². The molecule has 0 bridgehead atoms. The Morgan fingerprint density at radius 2 is 1.94 bits per heavy atom. The predicted molar refractivity (Wildman–Crippen MR) is 74.9 cm³/mol. The summed E-state index contributed by atoms with van der Waals surface area (Å²) in [6, 6.07) is 8.55. The second-order valence-electron chi connectivity index (χ2n) is 3.98. The third-order valence-electron chi connectivity index (χ3n) is 2.67. The minimum atomic E-state index is 0.451. The quantitative estimate of drug-likeness (QED) is 0.744. The van der Waals surface area contributed by atoms with Gasteiger partial charge in [-0.3, -0.25) is 0 Å². The molecule has 1 rings (SSSR count). The molecule has 0 spiro atoms. The number of nitrogens with one attached hydrogen (secondary N) is 1. The van der Waals surface area contributed by atoms with E-state index in [1.165, 1.54) is 12.8 Å². The molecule has 0 aliphatic heterocycles. The van der Waals surface area contributed by atoms with Crippen LogP contribution in [0.2, 0.25) is 0 Å². The van der Waals surface area contributed by atoms with Crippen molar-refractivity contribution >= 4 is 22.9 Å². The lowest BCUT2D eigenvalue weighted by Crippen LogP contribution is -2.18. The highest BCUT2D eigenvalue weighted by atomic mass is 32.1. The third-order valence-corrected chi connectivity index (χ3v) is 2.91. The largest absolute Gasteiger partial charge is 0.389 e. The maximum atomic E-state index is 5.55. The van der Waals surface area contributed by atoms with E-state index in [-0.39, 0.29) is 0 Å². The standard InChI is InChI=1S/C13H20N2S/c1-3-5-11(4-2)15-12-8-6-10(7-9-12)13(14)16/h6-9,11,15H,3-5H2,1-2H3,(H2,14,16). The molecule has 0 aromatic heterocycles.